The van der Waals surface area contributed by atoms with Crippen LogP contribution in [-0.2, 0) is 9.59 Å². The van der Waals surface area contributed by atoms with E-state index in [2.05, 4.69) is 4.98 Å². The number of hydrogen-bond acceptors (Lipinski definition) is 8. The molecule has 198 valence electrons. The summed E-state index contributed by atoms with van der Waals surface area (Å²) >= 11 is 7.39. The number of hydrogen-bond donors (Lipinski definition) is 1. The molecule has 1 aliphatic heterocycles. The molecule has 0 fully saturated rings. The molecule has 1 atom stereocenters. The van der Waals surface area contributed by atoms with Crippen LogP contribution in [0, 0.1) is 0 Å². The molecule has 0 saturated carbocycles. The number of amides is 1. The van der Waals surface area contributed by atoms with Gasteiger partial charge in [0.05, 0.1) is 43.2 Å². The van der Waals surface area contributed by atoms with Crippen molar-refractivity contribution in [2.24, 2.45) is 0 Å². The quantitative estimate of drug-likeness (QED) is 0.257. The third-order valence-corrected chi connectivity index (χ3v) is 7.50. The van der Waals surface area contributed by atoms with Crippen molar-refractivity contribution < 1.29 is 28.9 Å². The van der Waals surface area contributed by atoms with Crippen molar-refractivity contribution in [1.82, 2.24) is 4.98 Å². The van der Waals surface area contributed by atoms with Gasteiger partial charge in [0.15, 0.2) is 28.2 Å². The Morgan fingerprint density at radius 3 is 2.36 bits per heavy atom. The smallest absolute Gasteiger partial charge is 0.296 e. The molecule has 0 radical (unpaired) electrons. The molecule has 0 spiro atoms. The molecule has 39 heavy (non-hydrogen) atoms. The molecule has 1 aliphatic rings. The minimum Gasteiger partial charge on any atom is -0.503 e. The maximum Gasteiger partial charge on any atom is 0.296 e. The summed E-state index contributed by atoms with van der Waals surface area (Å²) in [4.78, 5) is 33.0. The van der Waals surface area contributed by atoms with Crippen molar-refractivity contribution in [2.45, 2.75) is 6.04 Å². The zero-order valence-corrected chi connectivity index (χ0v) is 22.7. The zero-order valence-electron chi connectivity index (χ0n) is 21.2. The fraction of sp³-hybridized carbons (Fsp3) is 0.138. The Morgan fingerprint density at radius 1 is 1.03 bits per heavy atom. The van der Waals surface area contributed by atoms with Gasteiger partial charge in [0.25, 0.3) is 5.91 Å². The second-order valence-corrected chi connectivity index (χ2v) is 9.96. The highest BCUT2D eigenvalue weighted by Gasteiger charge is 2.45. The monoisotopic (exact) mass is 562 g/mol. The van der Waals surface area contributed by atoms with Gasteiger partial charge < -0.3 is 19.3 Å². The number of aliphatic hydroxyl groups is 1. The van der Waals surface area contributed by atoms with E-state index in [1.54, 1.807) is 36.4 Å². The first kappa shape index (κ1) is 26.3. The van der Waals surface area contributed by atoms with E-state index in [4.69, 9.17) is 25.8 Å². The summed E-state index contributed by atoms with van der Waals surface area (Å²) in [6, 6.07) is 16.7. The van der Waals surface area contributed by atoms with Crippen molar-refractivity contribution in [2.75, 3.05) is 26.2 Å². The van der Waals surface area contributed by atoms with Gasteiger partial charge in [-0.05, 0) is 47.5 Å². The number of rotatable bonds is 8. The number of thiazole rings is 1. The number of halogens is 1. The van der Waals surface area contributed by atoms with Crippen LogP contribution < -0.4 is 19.1 Å². The number of aromatic nitrogens is 1. The van der Waals surface area contributed by atoms with Gasteiger partial charge >= 0.3 is 0 Å². The van der Waals surface area contributed by atoms with Crippen LogP contribution in [0.25, 0.3) is 16.3 Å². The van der Waals surface area contributed by atoms with Gasteiger partial charge in [0.2, 0.25) is 5.75 Å². The third-order valence-electron chi connectivity index (χ3n) is 6.25. The van der Waals surface area contributed by atoms with Crippen molar-refractivity contribution in [1.29, 1.82) is 0 Å². The number of ketones is 1. The maximum absolute atomic E-state index is 13.6. The summed E-state index contributed by atoms with van der Waals surface area (Å²) in [5, 5.41) is 11.9. The zero-order chi connectivity index (χ0) is 27.7. The van der Waals surface area contributed by atoms with E-state index >= 15 is 0 Å². The number of carbonyl (C=O) groups excluding carboxylic acids is 2. The number of aliphatic hydroxyl groups excluding tert-OH is 1. The Morgan fingerprint density at radius 2 is 1.72 bits per heavy atom. The lowest BCUT2D eigenvalue weighted by molar-refractivity contribution is -0.117. The van der Waals surface area contributed by atoms with Gasteiger partial charge in [-0.15, -0.1) is 0 Å². The number of fused-ring (bicyclic) bond motifs is 1. The number of anilines is 1. The molecule has 0 bridgehead atoms. The minimum absolute atomic E-state index is 0.0984. The number of carbonyl (C=O) groups is 2. The van der Waals surface area contributed by atoms with Crippen LogP contribution in [0.3, 0.4) is 0 Å². The van der Waals surface area contributed by atoms with Crippen LogP contribution in [0.5, 0.6) is 17.2 Å². The average Bonchev–Trinajstić information content (AvgIpc) is 3.48. The highest BCUT2D eigenvalue weighted by Crippen LogP contribution is 2.47. The lowest BCUT2D eigenvalue weighted by Crippen LogP contribution is -2.30. The number of allylic oxidation sites excluding steroid dienone is 1. The lowest BCUT2D eigenvalue weighted by atomic mass is 9.95. The van der Waals surface area contributed by atoms with E-state index in [0.29, 0.717) is 33.4 Å². The maximum atomic E-state index is 13.6. The molecule has 1 unspecified atom stereocenters. The Kier molecular flexibility index (Phi) is 7.28. The molecule has 1 amide bonds. The highest BCUT2D eigenvalue weighted by molar-refractivity contribution is 7.22. The normalized spacial score (nSPS) is 15.4. The predicted octanol–water partition coefficient (Wildman–Crippen LogP) is 6.16. The van der Waals surface area contributed by atoms with Crippen molar-refractivity contribution in [3.63, 3.8) is 0 Å². The lowest BCUT2D eigenvalue weighted by Gasteiger charge is -2.25. The van der Waals surface area contributed by atoms with Crippen molar-refractivity contribution in [3.8, 4) is 17.2 Å². The largest absolute Gasteiger partial charge is 0.503 e. The summed E-state index contributed by atoms with van der Waals surface area (Å²) in [5.74, 6) is -0.944. The molecule has 1 aromatic heterocycles. The molecular weight excluding hydrogens is 540 g/mol. The number of benzene rings is 3. The molecule has 5 rings (SSSR count). The Labute approximate surface area is 233 Å². The standard InChI is InChI=1S/C29H23ClN2O6S/c1-36-21-13-17(14-22(37-2)27(21)38-3)25-24(20(33)12-9-16-7-5-4-6-8-16)26(34)28(35)32(25)29-31-19-11-10-18(30)15-23(19)39-29/h4-15,25,34H,1-3H3/b12-9+. The fourth-order valence-corrected chi connectivity index (χ4v) is 5.71. The summed E-state index contributed by atoms with van der Waals surface area (Å²) in [7, 11) is 4.42. The van der Waals surface area contributed by atoms with Crippen LogP contribution in [0.1, 0.15) is 17.2 Å². The van der Waals surface area contributed by atoms with Crippen LogP contribution in [0.4, 0.5) is 5.13 Å². The van der Waals surface area contributed by atoms with Gasteiger partial charge in [0.1, 0.15) is 0 Å². The first-order chi connectivity index (χ1) is 18.9. The van der Waals surface area contributed by atoms with Gasteiger partial charge in [-0.25, -0.2) is 4.98 Å². The molecule has 3 aromatic carbocycles. The summed E-state index contributed by atoms with van der Waals surface area (Å²) < 4.78 is 17.2. The number of nitrogens with zero attached hydrogens (tertiary/aromatic N) is 2. The van der Waals surface area contributed by atoms with E-state index in [-0.39, 0.29) is 10.7 Å². The summed E-state index contributed by atoms with van der Waals surface area (Å²) in [6.45, 7) is 0. The molecule has 0 saturated heterocycles. The van der Waals surface area contributed by atoms with Gasteiger partial charge in [-0.1, -0.05) is 59.3 Å². The molecular formula is C29H23ClN2O6S. The van der Waals surface area contributed by atoms with Gasteiger partial charge in [-0.3, -0.25) is 14.5 Å². The van der Waals surface area contributed by atoms with Crippen LogP contribution in [0.15, 0.2) is 78.1 Å². The fourth-order valence-electron chi connectivity index (χ4n) is 4.44. The second kappa shape index (κ2) is 10.8. The molecule has 4 aromatic rings. The topological polar surface area (TPSA) is 98.2 Å². The van der Waals surface area contributed by atoms with Gasteiger partial charge in [-0.2, -0.15) is 0 Å². The molecule has 2 heterocycles. The van der Waals surface area contributed by atoms with E-state index in [1.807, 2.05) is 30.3 Å². The Hall–Kier alpha value is -4.34. The minimum atomic E-state index is -1.03. The predicted molar refractivity (Wildman–Crippen MR) is 151 cm³/mol. The first-order valence-corrected chi connectivity index (χ1v) is 13.0. The molecule has 8 nitrogen and oxygen atoms in total. The second-order valence-electron chi connectivity index (χ2n) is 8.52. The van der Waals surface area contributed by atoms with E-state index in [9.17, 15) is 14.7 Å². The average molecular weight is 563 g/mol. The van der Waals surface area contributed by atoms with E-state index in [1.165, 1.54) is 43.6 Å². The Bertz CT molecular complexity index is 1620. The Balaban J connectivity index is 1.68. The number of ether oxygens (including phenoxy) is 3. The van der Waals surface area contributed by atoms with Crippen LogP contribution in [-0.4, -0.2) is 43.1 Å². The third kappa shape index (κ3) is 4.82. The summed E-state index contributed by atoms with van der Waals surface area (Å²) in [5.41, 5.74) is 1.77. The highest BCUT2D eigenvalue weighted by atomic mass is 35.5. The first-order valence-electron chi connectivity index (χ1n) is 11.8. The molecule has 1 N–H and O–H groups in total. The number of methoxy groups -OCH3 is 3. The molecule has 10 heteroatoms. The SMILES string of the molecule is COc1cc(C2C(C(=O)/C=C/c3ccccc3)=C(O)C(=O)N2c2nc3ccc(Cl)cc3s2)cc(OC)c1OC. The van der Waals surface area contributed by atoms with Gasteiger partial charge in [0, 0.05) is 5.02 Å². The molecule has 0 aliphatic carbocycles. The van der Waals surface area contributed by atoms with Crippen LogP contribution >= 0.6 is 22.9 Å². The van der Waals surface area contributed by atoms with E-state index in [0.717, 1.165) is 10.3 Å². The van der Waals surface area contributed by atoms with Crippen molar-refractivity contribution >= 4 is 56.1 Å². The van der Waals surface area contributed by atoms with Crippen LogP contribution in [0.2, 0.25) is 5.02 Å². The summed E-state index contributed by atoms with van der Waals surface area (Å²) in [6.07, 6.45) is 2.96. The van der Waals surface area contributed by atoms with E-state index < -0.39 is 23.5 Å². The van der Waals surface area contributed by atoms with Crippen molar-refractivity contribution in [3.05, 3.63) is 94.2 Å².